The average Bonchev–Trinajstić information content (AvgIpc) is 1.80. The molecule has 0 aliphatic carbocycles. The summed E-state index contributed by atoms with van der Waals surface area (Å²) in [5, 5.41) is 0. The summed E-state index contributed by atoms with van der Waals surface area (Å²) in [6, 6.07) is 1.24. The molecule has 0 radical (unpaired) electrons. The largest absolute Gasteiger partial charge is 2.00 e. The van der Waals surface area contributed by atoms with Crippen molar-refractivity contribution in [2.75, 3.05) is 0 Å². The molecule has 0 aliphatic heterocycles. The number of hydrogen-bond donors (Lipinski definition) is 0. The van der Waals surface area contributed by atoms with Crippen LogP contribution in [0, 0.1) is 6.92 Å². The molecular formula is C12H28BrClMgSi2. The van der Waals surface area contributed by atoms with Crippen LogP contribution in [0.3, 0.4) is 0 Å². The summed E-state index contributed by atoms with van der Waals surface area (Å²) >= 11 is 5.67. The third-order valence-electron chi connectivity index (χ3n) is 0.757. The van der Waals surface area contributed by atoms with Crippen molar-refractivity contribution in [2.45, 2.75) is 45.3 Å². The van der Waals surface area contributed by atoms with Gasteiger partial charge in [-0.05, 0) is 6.04 Å². The molecule has 0 nitrogen and oxygen atoms in total. The molecule has 0 amide bonds. The minimum atomic E-state index is -1.14. The Bertz CT molecular complexity index is 157. The van der Waals surface area contributed by atoms with Crippen molar-refractivity contribution in [2.24, 2.45) is 0 Å². The van der Waals surface area contributed by atoms with Gasteiger partial charge in [0.25, 0.3) is 0 Å². The number of allylic oxidation sites excluding steroid dienone is 2. The number of halogens is 2. The average molecular weight is 368 g/mol. The van der Waals surface area contributed by atoms with E-state index in [4.69, 9.17) is 11.1 Å². The van der Waals surface area contributed by atoms with E-state index in [0.717, 1.165) is 0 Å². The summed E-state index contributed by atoms with van der Waals surface area (Å²) in [5.41, 5.74) is 0. The van der Waals surface area contributed by atoms with Crippen LogP contribution in [0.25, 0.3) is 0 Å². The molecule has 0 saturated carbocycles. The molecule has 0 fully saturated rings. The van der Waals surface area contributed by atoms with Crippen LogP contribution in [0.2, 0.25) is 45.3 Å². The van der Waals surface area contributed by atoms with Gasteiger partial charge in [-0.2, -0.15) is 11.1 Å². The fourth-order valence-corrected chi connectivity index (χ4v) is 1.30. The standard InChI is InChI=1S/C6H14Si.C3H9ClSi.C3H5.BrH.Mg/c1-5-6-7(2,3)4;1-5(2,3)4;1-3-2;;/h5H,1,6H2,2-4H3;1-3H3;3H,1-2H2;1H;/q;;-1;;+2/p-1. The van der Waals surface area contributed by atoms with E-state index in [0.29, 0.717) is 0 Å². The zero-order valence-electron chi connectivity index (χ0n) is 12.4. The predicted molar refractivity (Wildman–Crippen MR) is 88.9 cm³/mol. The van der Waals surface area contributed by atoms with Crippen LogP contribution in [-0.4, -0.2) is 38.5 Å². The summed E-state index contributed by atoms with van der Waals surface area (Å²) in [6.07, 6.45) is 3.52. The van der Waals surface area contributed by atoms with E-state index in [-0.39, 0.29) is 40.0 Å². The predicted octanol–water partition coefficient (Wildman–Crippen LogP) is 2.20. The maximum absolute atomic E-state index is 5.67. The van der Waals surface area contributed by atoms with Gasteiger partial charge in [0.2, 0.25) is 0 Å². The van der Waals surface area contributed by atoms with Gasteiger partial charge in [-0.15, -0.1) is 6.58 Å². The Balaban J connectivity index is -0.0000000430. The van der Waals surface area contributed by atoms with Crippen LogP contribution < -0.4 is 17.0 Å². The first-order valence-corrected chi connectivity index (χ1v) is 13.4. The van der Waals surface area contributed by atoms with E-state index >= 15 is 0 Å². The molecule has 0 atom stereocenters. The summed E-state index contributed by atoms with van der Waals surface area (Å²) < 4.78 is 0. The van der Waals surface area contributed by atoms with Gasteiger partial charge in [0.1, 0.15) is 7.38 Å². The summed E-state index contributed by atoms with van der Waals surface area (Å²) in [6.45, 7) is 23.5. The smallest absolute Gasteiger partial charge is 1.00 e. The molecule has 100 valence electrons. The fourth-order valence-electron chi connectivity index (χ4n) is 0.433. The zero-order valence-corrected chi connectivity index (χ0v) is 18.2. The van der Waals surface area contributed by atoms with E-state index in [1.165, 1.54) is 12.1 Å². The molecule has 0 unspecified atom stereocenters. The van der Waals surface area contributed by atoms with Crippen molar-refractivity contribution in [1.82, 2.24) is 0 Å². The minimum Gasteiger partial charge on any atom is -1.00 e. The molecule has 0 rings (SSSR count). The molecule has 0 heterocycles. The second-order valence-corrected chi connectivity index (χ2v) is 18.5. The first-order valence-electron chi connectivity index (χ1n) is 5.18. The van der Waals surface area contributed by atoms with Gasteiger partial charge in [-0.25, -0.2) is 19.6 Å². The SMILES string of the molecule is C=CC[Si](C)(C)C.C=C[CH2-].C[Si](C)(C)Cl.[Br-].[Mg+2]. The Morgan fingerprint density at radius 3 is 1.24 bits per heavy atom. The number of hydrogen-bond acceptors (Lipinski definition) is 0. The molecule has 0 spiro atoms. The van der Waals surface area contributed by atoms with Gasteiger partial charge in [0.15, 0.2) is 0 Å². The van der Waals surface area contributed by atoms with E-state index in [9.17, 15) is 0 Å². The molecule has 0 bridgehead atoms. The van der Waals surface area contributed by atoms with E-state index < -0.39 is 15.5 Å². The van der Waals surface area contributed by atoms with Crippen molar-refractivity contribution in [3.63, 3.8) is 0 Å². The molecule has 17 heavy (non-hydrogen) atoms. The zero-order chi connectivity index (χ0) is 13.1. The first-order chi connectivity index (χ1) is 6.47. The molecule has 0 saturated heterocycles. The van der Waals surface area contributed by atoms with Crippen LogP contribution in [0.5, 0.6) is 0 Å². The van der Waals surface area contributed by atoms with Crippen LogP contribution in [0.1, 0.15) is 0 Å². The summed E-state index contributed by atoms with van der Waals surface area (Å²) in [7, 11) is -1.91. The Kier molecular flexibility index (Phi) is 31.6. The van der Waals surface area contributed by atoms with Crippen molar-refractivity contribution < 1.29 is 17.0 Å². The quantitative estimate of drug-likeness (QED) is 0.304. The Morgan fingerprint density at radius 2 is 1.24 bits per heavy atom. The van der Waals surface area contributed by atoms with Gasteiger partial charge in [0, 0.05) is 8.07 Å². The Hall–Kier alpha value is 1.32. The Labute approximate surface area is 143 Å². The molecular weight excluding hydrogens is 340 g/mol. The second kappa shape index (κ2) is 17.3. The third-order valence-corrected chi connectivity index (χ3v) is 2.27. The second-order valence-electron chi connectivity index (χ2n) is 5.41. The van der Waals surface area contributed by atoms with Crippen molar-refractivity contribution in [1.29, 1.82) is 0 Å². The molecule has 5 heteroatoms. The van der Waals surface area contributed by atoms with Crippen molar-refractivity contribution in [3.05, 3.63) is 32.2 Å². The molecule has 0 aromatic heterocycles. The summed E-state index contributed by atoms with van der Waals surface area (Å²) in [4.78, 5) is 0. The summed E-state index contributed by atoms with van der Waals surface area (Å²) in [5.74, 6) is 0. The van der Waals surface area contributed by atoms with Gasteiger partial charge in [-0.3, -0.25) is 0 Å². The topological polar surface area (TPSA) is 0 Å². The van der Waals surface area contributed by atoms with E-state index in [1.807, 2.05) is 6.08 Å². The van der Waals surface area contributed by atoms with E-state index in [1.54, 1.807) is 0 Å². The van der Waals surface area contributed by atoms with Crippen molar-refractivity contribution >= 4 is 49.6 Å². The van der Waals surface area contributed by atoms with Crippen LogP contribution in [-0.2, 0) is 0 Å². The first kappa shape index (κ1) is 31.0. The molecule has 0 aliphatic rings. The molecule has 0 N–H and O–H groups in total. The maximum Gasteiger partial charge on any atom is 2.00 e. The maximum atomic E-state index is 5.67. The molecule has 0 aromatic rings. The number of rotatable bonds is 2. The normalized spacial score (nSPS) is 8.88. The van der Waals surface area contributed by atoms with Crippen LogP contribution in [0.4, 0.5) is 0 Å². The minimum absolute atomic E-state index is 0. The van der Waals surface area contributed by atoms with Gasteiger partial charge in [-0.1, -0.05) is 45.4 Å². The van der Waals surface area contributed by atoms with Gasteiger partial charge < -0.3 is 17.0 Å². The van der Waals surface area contributed by atoms with Crippen LogP contribution >= 0.6 is 11.1 Å². The molecule has 0 aromatic carbocycles. The fraction of sp³-hybridized carbons (Fsp3) is 0.583. The van der Waals surface area contributed by atoms with Gasteiger partial charge in [0.05, 0.1) is 0 Å². The Morgan fingerprint density at radius 1 is 1.06 bits per heavy atom. The van der Waals surface area contributed by atoms with Crippen LogP contribution in [0.15, 0.2) is 25.3 Å². The van der Waals surface area contributed by atoms with Gasteiger partial charge >= 0.3 is 23.1 Å². The monoisotopic (exact) mass is 366 g/mol. The van der Waals surface area contributed by atoms with Crippen molar-refractivity contribution in [3.8, 4) is 0 Å². The third kappa shape index (κ3) is 144. The van der Waals surface area contributed by atoms with E-state index in [2.05, 4.69) is 59.4 Å².